The maximum atomic E-state index is 12.8. The second-order valence-corrected chi connectivity index (χ2v) is 9.27. The molecule has 0 heterocycles. The first-order valence-corrected chi connectivity index (χ1v) is 11.3. The summed E-state index contributed by atoms with van der Waals surface area (Å²) in [4.78, 5) is 37.0. The SMILES string of the molecule is CCC1CCC(NC(=O)C2CCC(NC(=O)C3CCCC3)CC2)(C(=O)O)CC1. The van der Waals surface area contributed by atoms with E-state index in [1.165, 1.54) is 0 Å². The van der Waals surface area contributed by atoms with Crippen LogP contribution in [0.25, 0.3) is 0 Å². The number of carboxylic acids is 1. The molecule has 6 nitrogen and oxygen atoms in total. The van der Waals surface area contributed by atoms with Crippen molar-refractivity contribution in [2.24, 2.45) is 17.8 Å². The molecule has 0 spiro atoms. The summed E-state index contributed by atoms with van der Waals surface area (Å²) >= 11 is 0. The van der Waals surface area contributed by atoms with Gasteiger partial charge < -0.3 is 15.7 Å². The minimum atomic E-state index is -1.09. The zero-order valence-corrected chi connectivity index (χ0v) is 17.2. The van der Waals surface area contributed by atoms with Gasteiger partial charge in [0, 0.05) is 17.9 Å². The highest BCUT2D eigenvalue weighted by Gasteiger charge is 2.44. The number of carbonyl (C=O) groups excluding carboxylic acids is 2. The molecule has 3 saturated carbocycles. The molecule has 158 valence electrons. The fraction of sp³-hybridized carbons (Fsp3) is 0.864. The number of carbonyl (C=O) groups is 3. The zero-order chi connectivity index (χ0) is 20.1. The van der Waals surface area contributed by atoms with Crippen molar-refractivity contribution in [2.75, 3.05) is 0 Å². The highest BCUT2D eigenvalue weighted by atomic mass is 16.4. The van der Waals surface area contributed by atoms with Crippen LogP contribution in [0.2, 0.25) is 0 Å². The second-order valence-electron chi connectivity index (χ2n) is 9.27. The number of carboxylic acid groups (broad SMARTS) is 1. The van der Waals surface area contributed by atoms with Gasteiger partial charge in [0.1, 0.15) is 5.54 Å². The van der Waals surface area contributed by atoms with Crippen LogP contribution in [-0.2, 0) is 14.4 Å². The Bertz CT molecular complexity index is 569. The largest absolute Gasteiger partial charge is 0.480 e. The van der Waals surface area contributed by atoms with Crippen molar-refractivity contribution in [2.45, 2.75) is 102 Å². The lowest BCUT2D eigenvalue weighted by atomic mass is 9.75. The number of nitrogens with one attached hydrogen (secondary N) is 2. The smallest absolute Gasteiger partial charge is 0.329 e. The van der Waals surface area contributed by atoms with Crippen molar-refractivity contribution in [3.63, 3.8) is 0 Å². The fourth-order valence-corrected chi connectivity index (χ4v) is 5.32. The molecule has 0 aliphatic heterocycles. The quantitative estimate of drug-likeness (QED) is 0.646. The minimum Gasteiger partial charge on any atom is -0.480 e. The van der Waals surface area contributed by atoms with Gasteiger partial charge in [0.15, 0.2) is 0 Å². The third-order valence-electron chi connectivity index (χ3n) is 7.48. The highest BCUT2D eigenvalue weighted by Crippen LogP contribution is 2.35. The maximum absolute atomic E-state index is 12.8. The topological polar surface area (TPSA) is 95.5 Å². The van der Waals surface area contributed by atoms with Gasteiger partial charge in [-0.1, -0.05) is 26.2 Å². The van der Waals surface area contributed by atoms with E-state index in [2.05, 4.69) is 17.6 Å². The molecular formula is C22H36N2O4. The Morgan fingerprint density at radius 1 is 0.857 bits per heavy atom. The number of rotatable bonds is 6. The molecule has 3 aliphatic rings. The second kappa shape index (κ2) is 9.27. The van der Waals surface area contributed by atoms with E-state index in [4.69, 9.17) is 0 Å². The molecule has 0 bridgehead atoms. The minimum absolute atomic E-state index is 0.113. The lowest BCUT2D eigenvalue weighted by Gasteiger charge is -2.39. The van der Waals surface area contributed by atoms with Crippen LogP contribution in [0.5, 0.6) is 0 Å². The van der Waals surface area contributed by atoms with E-state index in [0.29, 0.717) is 31.6 Å². The van der Waals surface area contributed by atoms with Crippen LogP contribution in [0.15, 0.2) is 0 Å². The molecule has 28 heavy (non-hydrogen) atoms. The molecular weight excluding hydrogens is 356 g/mol. The van der Waals surface area contributed by atoms with E-state index in [1.54, 1.807) is 0 Å². The number of hydrogen-bond donors (Lipinski definition) is 3. The summed E-state index contributed by atoms with van der Waals surface area (Å²) in [5, 5.41) is 15.9. The molecule has 0 aromatic rings. The van der Waals surface area contributed by atoms with Gasteiger partial charge in [0.25, 0.3) is 0 Å². The van der Waals surface area contributed by atoms with Gasteiger partial charge in [-0.25, -0.2) is 4.79 Å². The molecule has 0 unspecified atom stereocenters. The van der Waals surface area contributed by atoms with Crippen LogP contribution in [0.1, 0.15) is 90.4 Å². The summed E-state index contributed by atoms with van der Waals surface area (Å²) < 4.78 is 0. The first kappa shape index (κ1) is 21.1. The predicted molar refractivity (Wildman–Crippen MR) is 107 cm³/mol. The van der Waals surface area contributed by atoms with Crippen LogP contribution >= 0.6 is 0 Å². The van der Waals surface area contributed by atoms with Gasteiger partial charge in [-0.05, 0) is 70.1 Å². The lowest BCUT2D eigenvalue weighted by molar-refractivity contribution is -0.150. The molecule has 3 N–H and O–H groups in total. The van der Waals surface area contributed by atoms with Gasteiger partial charge in [-0.2, -0.15) is 0 Å². The molecule has 0 aromatic heterocycles. The Kier molecular flexibility index (Phi) is 7.00. The normalized spacial score (nSPS) is 34.0. The molecule has 2 amide bonds. The fourth-order valence-electron chi connectivity index (χ4n) is 5.32. The summed E-state index contributed by atoms with van der Waals surface area (Å²) in [6, 6.07) is 0.158. The van der Waals surface area contributed by atoms with Crippen molar-refractivity contribution in [1.29, 1.82) is 0 Å². The zero-order valence-electron chi connectivity index (χ0n) is 17.2. The van der Waals surface area contributed by atoms with E-state index in [1.807, 2.05) is 0 Å². The summed E-state index contributed by atoms with van der Waals surface area (Å²) in [5.41, 5.74) is -1.09. The van der Waals surface area contributed by atoms with Crippen LogP contribution in [-0.4, -0.2) is 34.5 Å². The van der Waals surface area contributed by atoms with Crippen LogP contribution < -0.4 is 10.6 Å². The highest BCUT2D eigenvalue weighted by molar-refractivity contribution is 5.88. The van der Waals surface area contributed by atoms with Gasteiger partial charge in [-0.3, -0.25) is 9.59 Å². The van der Waals surface area contributed by atoms with Gasteiger partial charge >= 0.3 is 5.97 Å². The average molecular weight is 393 g/mol. The third-order valence-corrected chi connectivity index (χ3v) is 7.48. The first-order valence-electron chi connectivity index (χ1n) is 11.3. The summed E-state index contributed by atoms with van der Waals surface area (Å²) in [5.74, 6) is -0.216. The Labute approximate surface area is 168 Å². The van der Waals surface area contributed by atoms with Gasteiger partial charge in [0.05, 0.1) is 0 Å². The first-order chi connectivity index (χ1) is 13.4. The Hall–Kier alpha value is -1.59. The average Bonchev–Trinajstić information content (AvgIpc) is 3.24. The summed E-state index contributed by atoms with van der Waals surface area (Å²) in [6.07, 6.45) is 11.2. The lowest BCUT2D eigenvalue weighted by Crippen LogP contribution is -2.58. The molecule has 0 aromatic carbocycles. The molecule has 3 aliphatic carbocycles. The van der Waals surface area contributed by atoms with Crippen molar-refractivity contribution in [3.8, 4) is 0 Å². The monoisotopic (exact) mass is 392 g/mol. The Balaban J connectivity index is 1.47. The van der Waals surface area contributed by atoms with Crippen LogP contribution in [0.3, 0.4) is 0 Å². The van der Waals surface area contributed by atoms with Crippen molar-refractivity contribution in [1.82, 2.24) is 10.6 Å². The van der Waals surface area contributed by atoms with Gasteiger partial charge in [0.2, 0.25) is 11.8 Å². The van der Waals surface area contributed by atoms with Crippen LogP contribution in [0.4, 0.5) is 0 Å². The summed E-state index contributed by atoms with van der Waals surface area (Å²) in [7, 11) is 0. The van der Waals surface area contributed by atoms with E-state index in [-0.39, 0.29) is 29.7 Å². The molecule has 3 rings (SSSR count). The molecule has 0 saturated heterocycles. The Morgan fingerprint density at radius 3 is 1.96 bits per heavy atom. The van der Waals surface area contributed by atoms with E-state index in [9.17, 15) is 19.5 Å². The number of hydrogen-bond acceptors (Lipinski definition) is 3. The van der Waals surface area contributed by atoms with Crippen LogP contribution in [0, 0.1) is 17.8 Å². The van der Waals surface area contributed by atoms with E-state index < -0.39 is 11.5 Å². The molecule has 0 atom stereocenters. The summed E-state index contributed by atoms with van der Waals surface area (Å²) in [6.45, 7) is 2.14. The van der Waals surface area contributed by atoms with Gasteiger partial charge in [-0.15, -0.1) is 0 Å². The predicted octanol–water partition coefficient (Wildman–Crippen LogP) is 3.39. The number of aliphatic carboxylic acids is 1. The maximum Gasteiger partial charge on any atom is 0.329 e. The van der Waals surface area contributed by atoms with Crippen molar-refractivity contribution >= 4 is 17.8 Å². The Morgan fingerprint density at radius 2 is 1.43 bits per heavy atom. The van der Waals surface area contributed by atoms with Crippen molar-refractivity contribution in [3.05, 3.63) is 0 Å². The molecule has 3 fully saturated rings. The van der Waals surface area contributed by atoms with E-state index >= 15 is 0 Å². The molecule has 6 heteroatoms. The number of amides is 2. The molecule has 0 radical (unpaired) electrons. The van der Waals surface area contributed by atoms with E-state index in [0.717, 1.165) is 57.8 Å². The third kappa shape index (κ3) is 4.87. The standard InChI is InChI=1S/C22H36N2O4/c1-2-15-11-13-22(14-12-15,21(27)28)24-20(26)17-7-9-18(10-8-17)23-19(25)16-5-3-4-6-16/h15-18H,2-14H2,1H3,(H,23,25)(H,24,26)(H,27,28). The van der Waals surface area contributed by atoms with Crippen molar-refractivity contribution < 1.29 is 19.5 Å².